The van der Waals surface area contributed by atoms with Gasteiger partial charge in [0.25, 0.3) is 0 Å². The van der Waals surface area contributed by atoms with Crippen molar-refractivity contribution in [3.63, 3.8) is 0 Å². The quantitative estimate of drug-likeness (QED) is 0.482. The lowest BCUT2D eigenvalue weighted by Gasteiger charge is -2.33. The van der Waals surface area contributed by atoms with Gasteiger partial charge in [-0.1, -0.05) is 12.1 Å². The third-order valence-corrected chi connectivity index (χ3v) is 3.36. The molecule has 1 aliphatic rings. The van der Waals surface area contributed by atoms with Gasteiger partial charge in [0.05, 0.1) is 0 Å². The summed E-state index contributed by atoms with van der Waals surface area (Å²) in [7, 11) is 1.83. The first-order valence-electron chi connectivity index (χ1n) is 6.94. The molecule has 1 aliphatic heterocycles. The Kier molecular flexibility index (Phi) is 7.25. The average molecular weight is 393 g/mol. The highest BCUT2D eigenvalue weighted by atomic mass is 127. The Morgan fingerprint density at radius 1 is 1.55 bits per heavy atom. The molecule has 6 nitrogen and oxygen atoms in total. The van der Waals surface area contributed by atoms with Crippen LogP contribution in [0.5, 0.6) is 0 Å². The van der Waals surface area contributed by atoms with E-state index in [4.69, 9.17) is 4.52 Å². The number of halogens is 1. The van der Waals surface area contributed by atoms with Crippen LogP contribution in [0.15, 0.2) is 9.52 Å². The molecule has 1 aromatic rings. The van der Waals surface area contributed by atoms with Crippen molar-refractivity contribution < 1.29 is 4.52 Å². The number of hydrogen-bond donors (Lipinski definition) is 1. The molecule has 114 valence electrons. The van der Waals surface area contributed by atoms with Gasteiger partial charge in [-0.2, -0.15) is 4.98 Å². The number of guanidine groups is 1. The molecule has 0 radical (unpaired) electrons. The molecule has 1 N–H and O–H groups in total. The maximum absolute atomic E-state index is 5.09. The minimum atomic E-state index is 0. The zero-order valence-electron chi connectivity index (χ0n) is 12.4. The van der Waals surface area contributed by atoms with E-state index in [2.05, 4.69) is 32.3 Å². The van der Waals surface area contributed by atoms with Gasteiger partial charge in [-0.05, 0) is 25.7 Å². The van der Waals surface area contributed by atoms with Gasteiger partial charge in [0, 0.05) is 33.1 Å². The van der Waals surface area contributed by atoms with Crippen LogP contribution in [-0.4, -0.2) is 47.7 Å². The number of likely N-dealkylation sites (tertiary alicyclic amines) is 1. The lowest BCUT2D eigenvalue weighted by Crippen LogP contribution is -2.46. The second-order valence-corrected chi connectivity index (χ2v) is 5.15. The van der Waals surface area contributed by atoms with Crippen molar-refractivity contribution in [1.82, 2.24) is 20.4 Å². The smallest absolute Gasteiger partial charge is 0.228 e. The fraction of sp³-hybridized carbons (Fsp3) is 0.769. The maximum Gasteiger partial charge on any atom is 0.228 e. The highest BCUT2D eigenvalue weighted by Gasteiger charge is 2.18. The van der Waals surface area contributed by atoms with E-state index in [0.717, 1.165) is 37.9 Å². The van der Waals surface area contributed by atoms with Crippen molar-refractivity contribution >= 4 is 29.9 Å². The topological polar surface area (TPSA) is 66.5 Å². The summed E-state index contributed by atoms with van der Waals surface area (Å²) in [6.45, 7) is 7.05. The summed E-state index contributed by atoms with van der Waals surface area (Å²) in [6.07, 6.45) is 3.28. The van der Waals surface area contributed by atoms with Crippen LogP contribution in [0.1, 0.15) is 31.5 Å². The molecule has 1 unspecified atom stereocenters. The second-order valence-electron chi connectivity index (χ2n) is 5.15. The Labute approximate surface area is 137 Å². The first-order chi connectivity index (χ1) is 9.19. The number of nitrogens with zero attached hydrogens (tertiary/aromatic N) is 4. The molecule has 1 saturated heterocycles. The lowest BCUT2D eigenvalue weighted by molar-refractivity contribution is 0.266. The molecule has 1 fully saturated rings. The van der Waals surface area contributed by atoms with Gasteiger partial charge < -0.3 is 14.7 Å². The van der Waals surface area contributed by atoms with Gasteiger partial charge in [0.15, 0.2) is 11.8 Å². The predicted molar refractivity (Wildman–Crippen MR) is 89.5 cm³/mol. The number of aromatic nitrogens is 2. The zero-order chi connectivity index (χ0) is 13.7. The monoisotopic (exact) mass is 393 g/mol. The first kappa shape index (κ1) is 17.2. The first-order valence-corrected chi connectivity index (χ1v) is 6.94. The van der Waals surface area contributed by atoms with E-state index in [9.17, 15) is 0 Å². The Balaban J connectivity index is 0.00000200. The van der Waals surface area contributed by atoms with E-state index in [0.29, 0.717) is 11.7 Å². The molecule has 0 aliphatic carbocycles. The third kappa shape index (κ3) is 4.92. The molecule has 1 atom stereocenters. The summed E-state index contributed by atoms with van der Waals surface area (Å²) in [5.41, 5.74) is 0. The molecule has 0 saturated carbocycles. The highest BCUT2D eigenvalue weighted by Crippen LogP contribution is 2.15. The van der Waals surface area contributed by atoms with Crippen molar-refractivity contribution in [2.24, 2.45) is 10.9 Å². The second kappa shape index (κ2) is 8.43. The van der Waals surface area contributed by atoms with Gasteiger partial charge in [-0.3, -0.25) is 4.99 Å². The summed E-state index contributed by atoms with van der Waals surface area (Å²) in [5.74, 6) is 3.07. The Hall–Kier alpha value is -0.860. The van der Waals surface area contributed by atoms with Crippen LogP contribution in [0.2, 0.25) is 0 Å². The van der Waals surface area contributed by atoms with E-state index < -0.39 is 0 Å². The standard InChI is InChI=1S/C13H23N5O.HI/c1-10-5-4-8-18(9-10)13(14-3)15-7-6-12-16-11(2)17-19-12;/h10H,4-9H2,1-3H3,(H,14,15);1H. The molecule has 20 heavy (non-hydrogen) atoms. The molecule has 0 aromatic carbocycles. The Bertz CT molecular complexity index is 434. The van der Waals surface area contributed by atoms with E-state index in [-0.39, 0.29) is 24.0 Å². The number of piperidine rings is 1. The molecule has 2 heterocycles. The normalized spacial score (nSPS) is 19.6. The van der Waals surface area contributed by atoms with Gasteiger partial charge in [0.2, 0.25) is 5.89 Å². The fourth-order valence-corrected chi connectivity index (χ4v) is 2.44. The lowest BCUT2D eigenvalue weighted by atomic mass is 10.0. The molecule has 0 spiro atoms. The molecule has 0 bridgehead atoms. The van der Waals surface area contributed by atoms with Crippen molar-refractivity contribution in [2.75, 3.05) is 26.7 Å². The van der Waals surface area contributed by atoms with E-state index in [1.807, 2.05) is 14.0 Å². The van der Waals surface area contributed by atoms with Crippen molar-refractivity contribution in [3.05, 3.63) is 11.7 Å². The van der Waals surface area contributed by atoms with Crippen LogP contribution in [0.4, 0.5) is 0 Å². The molecule has 0 amide bonds. The third-order valence-electron chi connectivity index (χ3n) is 3.36. The molecule has 2 rings (SSSR count). The number of rotatable bonds is 3. The Morgan fingerprint density at radius 2 is 2.35 bits per heavy atom. The summed E-state index contributed by atoms with van der Waals surface area (Å²) in [5, 5.41) is 7.15. The van der Waals surface area contributed by atoms with Gasteiger partial charge >= 0.3 is 0 Å². The van der Waals surface area contributed by atoms with Crippen LogP contribution in [0.3, 0.4) is 0 Å². The van der Waals surface area contributed by atoms with Crippen LogP contribution in [0, 0.1) is 12.8 Å². The number of aliphatic imine (C=N–C) groups is 1. The molecule has 1 aromatic heterocycles. The summed E-state index contributed by atoms with van der Waals surface area (Å²) in [6, 6.07) is 0. The van der Waals surface area contributed by atoms with Gasteiger partial charge in [0.1, 0.15) is 0 Å². The van der Waals surface area contributed by atoms with Crippen molar-refractivity contribution in [2.45, 2.75) is 33.1 Å². The average Bonchev–Trinajstić information content (AvgIpc) is 2.80. The predicted octanol–water partition coefficient (Wildman–Crippen LogP) is 1.85. The zero-order valence-corrected chi connectivity index (χ0v) is 14.8. The van der Waals surface area contributed by atoms with E-state index >= 15 is 0 Å². The van der Waals surface area contributed by atoms with E-state index in [1.54, 1.807) is 0 Å². The van der Waals surface area contributed by atoms with Crippen molar-refractivity contribution in [3.8, 4) is 0 Å². The van der Waals surface area contributed by atoms with Crippen LogP contribution in [-0.2, 0) is 6.42 Å². The fourth-order valence-electron chi connectivity index (χ4n) is 2.44. The van der Waals surface area contributed by atoms with E-state index in [1.165, 1.54) is 12.8 Å². The van der Waals surface area contributed by atoms with Gasteiger partial charge in [-0.15, -0.1) is 24.0 Å². The number of nitrogens with one attached hydrogen (secondary N) is 1. The van der Waals surface area contributed by atoms with Crippen molar-refractivity contribution in [1.29, 1.82) is 0 Å². The summed E-state index contributed by atoms with van der Waals surface area (Å²) < 4.78 is 5.09. The van der Waals surface area contributed by atoms with Crippen LogP contribution in [0.25, 0.3) is 0 Å². The highest BCUT2D eigenvalue weighted by molar-refractivity contribution is 14.0. The molecule has 7 heteroatoms. The van der Waals surface area contributed by atoms with Crippen LogP contribution >= 0.6 is 24.0 Å². The molecular weight excluding hydrogens is 369 g/mol. The minimum absolute atomic E-state index is 0. The minimum Gasteiger partial charge on any atom is -0.356 e. The summed E-state index contributed by atoms with van der Waals surface area (Å²) in [4.78, 5) is 10.9. The number of hydrogen-bond acceptors (Lipinski definition) is 4. The van der Waals surface area contributed by atoms with Crippen LogP contribution < -0.4 is 5.32 Å². The van der Waals surface area contributed by atoms with Gasteiger partial charge in [-0.25, -0.2) is 0 Å². The summed E-state index contributed by atoms with van der Waals surface area (Å²) >= 11 is 0. The number of aryl methyl sites for hydroxylation is 1. The maximum atomic E-state index is 5.09. The molecular formula is C13H24IN5O. The Morgan fingerprint density at radius 3 is 2.95 bits per heavy atom. The SMILES string of the molecule is CN=C(NCCc1nc(C)no1)N1CCCC(C)C1.I. The largest absolute Gasteiger partial charge is 0.356 e.